The van der Waals surface area contributed by atoms with Crippen molar-refractivity contribution in [2.45, 2.75) is 26.9 Å². The van der Waals surface area contributed by atoms with E-state index in [2.05, 4.69) is 5.32 Å². The van der Waals surface area contributed by atoms with Gasteiger partial charge in [0.25, 0.3) is 11.8 Å². The second-order valence-corrected chi connectivity index (χ2v) is 6.34. The highest BCUT2D eigenvalue weighted by atomic mass is 16.5. The predicted molar refractivity (Wildman–Crippen MR) is 109 cm³/mol. The van der Waals surface area contributed by atoms with Crippen LogP contribution < -0.4 is 10.1 Å². The van der Waals surface area contributed by atoms with Gasteiger partial charge in [-0.25, -0.2) is 0 Å². The first-order valence-corrected chi connectivity index (χ1v) is 9.38. The summed E-state index contributed by atoms with van der Waals surface area (Å²) in [5.41, 5.74) is 0.922. The number of amides is 2. The summed E-state index contributed by atoms with van der Waals surface area (Å²) >= 11 is 0. The number of ether oxygens (including phenoxy) is 1. The average Bonchev–Trinajstić information content (AvgIpc) is 3.08. The number of carbonyl (C=O) groups excluding carboxylic acids is 2. The van der Waals surface area contributed by atoms with E-state index in [0.29, 0.717) is 35.5 Å². The number of nitrogens with one attached hydrogen (secondary N) is 1. The zero-order chi connectivity index (χ0) is 20.1. The van der Waals surface area contributed by atoms with Gasteiger partial charge < -0.3 is 19.4 Å². The Hall–Kier alpha value is -3.28. The smallest absolute Gasteiger partial charge is 0.291 e. The van der Waals surface area contributed by atoms with E-state index >= 15 is 0 Å². The van der Waals surface area contributed by atoms with E-state index in [1.54, 1.807) is 30.0 Å². The van der Waals surface area contributed by atoms with E-state index in [4.69, 9.17) is 9.15 Å². The second-order valence-electron chi connectivity index (χ2n) is 6.34. The first-order valence-electron chi connectivity index (χ1n) is 9.38. The minimum absolute atomic E-state index is 0.130. The lowest BCUT2D eigenvalue weighted by molar-refractivity contribution is -0.122. The molecular formula is C22H24N2O4. The highest BCUT2D eigenvalue weighted by molar-refractivity contribution is 6.11. The van der Waals surface area contributed by atoms with Crippen LogP contribution in [0.25, 0.3) is 11.0 Å². The van der Waals surface area contributed by atoms with E-state index in [0.717, 1.165) is 0 Å². The molecule has 0 unspecified atom stereocenters. The van der Waals surface area contributed by atoms with Gasteiger partial charge in [-0.15, -0.1) is 0 Å². The Morgan fingerprint density at radius 2 is 1.68 bits per heavy atom. The third-order valence-electron chi connectivity index (χ3n) is 4.51. The molecule has 3 aromatic rings. The van der Waals surface area contributed by atoms with E-state index in [9.17, 15) is 9.59 Å². The molecule has 146 valence electrons. The molecule has 6 nitrogen and oxygen atoms in total. The van der Waals surface area contributed by atoms with Gasteiger partial charge in [-0.2, -0.15) is 0 Å². The quantitative estimate of drug-likeness (QED) is 0.663. The van der Waals surface area contributed by atoms with Crippen LogP contribution in [0.1, 0.15) is 31.3 Å². The van der Waals surface area contributed by atoms with Crippen molar-refractivity contribution in [3.8, 4) is 5.75 Å². The maximum atomic E-state index is 12.9. The number of carbonyl (C=O) groups is 2. The van der Waals surface area contributed by atoms with Crippen LogP contribution in [0.3, 0.4) is 0 Å². The van der Waals surface area contributed by atoms with Crippen LogP contribution >= 0.6 is 0 Å². The van der Waals surface area contributed by atoms with Crippen molar-refractivity contribution in [2.75, 3.05) is 18.4 Å². The second kappa shape index (κ2) is 8.61. The number of para-hydroxylation sites is 2. The topological polar surface area (TPSA) is 71.8 Å². The Morgan fingerprint density at radius 3 is 2.36 bits per heavy atom. The van der Waals surface area contributed by atoms with Crippen molar-refractivity contribution < 1.29 is 18.7 Å². The molecule has 0 fully saturated rings. The molecule has 1 heterocycles. The lowest BCUT2D eigenvalue weighted by atomic mass is 10.2. The SMILES string of the molecule is CCN(CC)C(=O)c1oc2ccccc2c1NC(=O)[C@H](C)Oc1ccccc1. The van der Waals surface area contributed by atoms with Gasteiger partial charge in [0, 0.05) is 18.5 Å². The molecule has 0 saturated carbocycles. The lowest BCUT2D eigenvalue weighted by Gasteiger charge is -2.18. The normalized spacial score (nSPS) is 11.8. The fraction of sp³-hybridized carbons (Fsp3) is 0.273. The summed E-state index contributed by atoms with van der Waals surface area (Å²) in [5.74, 6) is 0.115. The molecule has 0 aliphatic carbocycles. The number of rotatable bonds is 7. The van der Waals surface area contributed by atoms with Gasteiger partial charge >= 0.3 is 0 Å². The van der Waals surface area contributed by atoms with Crippen LogP contribution in [0.2, 0.25) is 0 Å². The Balaban J connectivity index is 1.89. The minimum Gasteiger partial charge on any atom is -0.481 e. The number of furan rings is 1. The number of benzene rings is 2. The van der Waals surface area contributed by atoms with Crippen molar-refractivity contribution in [3.63, 3.8) is 0 Å². The number of anilines is 1. The first kappa shape index (κ1) is 19.5. The van der Waals surface area contributed by atoms with Gasteiger partial charge in [-0.1, -0.05) is 30.3 Å². The molecule has 2 aromatic carbocycles. The van der Waals surface area contributed by atoms with Gasteiger partial charge in [-0.05, 0) is 45.0 Å². The first-order chi connectivity index (χ1) is 13.5. The highest BCUT2D eigenvalue weighted by Crippen LogP contribution is 2.32. The van der Waals surface area contributed by atoms with Gasteiger partial charge in [0.2, 0.25) is 5.76 Å². The van der Waals surface area contributed by atoms with E-state index < -0.39 is 6.10 Å². The van der Waals surface area contributed by atoms with Gasteiger partial charge in [0.05, 0.1) is 0 Å². The van der Waals surface area contributed by atoms with Crippen LogP contribution in [-0.2, 0) is 4.79 Å². The van der Waals surface area contributed by atoms with E-state index in [1.165, 1.54) is 0 Å². The maximum Gasteiger partial charge on any atom is 0.291 e. The van der Waals surface area contributed by atoms with E-state index in [-0.39, 0.29) is 17.6 Å². The van der Waals surface area contributed by atoms with Crippen LogP contribution in [-0.4, -0.2) is 35.9 Å². The van der Waals surface area contributed by atoms with Crippen LogP contribution in [0, 0.1) is 0 Å². The summed E-state index contributed by atoms with van der Waals surface area (Å²) in [6.07, 6.45) is -0.743. The monoisotopic (exact) mass is 380 g/mol. The molecule has 0 radical (unpaired) electrons. The van der Waals surface area contributed by atoms with Crippen molar-refractivity contribution in [1.29, 1.82) is 0 Å². The zero-order valence-electron chi connectivity index (χ0n) is 16.3. The van der Waals surface area contributed by atoms with Gasteiger partial charge in [0.1, 0.15) is 17.0 Å². The molecule has 1 atom stereocenters. The van der Waals surface area contributed by atoms with E-state index in [1.807, 2.05) is 50.2 Å². The fourth-order valence-corrected chi connectivity index (χ4v) is 2.96. The largest absolute Gasteiger partial charge is 0.481 e. The van der Waals surface area contributed by atoms with Crippen LogP contribution in [0.5, 0.6) is 5.75 Å². The number of fused-ring (bicyclic) bond motifs is 1. The van der Waals surface area contributed by atoms with Crippen molar-refractivity contribution in [1.82, 2.24) is 4.90 Å². The molecule has 0 spiro atoms. The molecule has 0 bridgehead atoms. The third-order valence-corrected chi connectivity index (χ3v) is 4.51. The van der Waals surface area contributed by atoms with Gasteiger partial charge in [-0.3, -0.25) is 9.59 Å². The maximum absolute atomic E-state index is 12.9. The van der Waals surface area contributed by atoms with Crippen molar-refractivity contribution in [3.05, 3.63) is 60.4 Å². The van der Waals surface area contributed by atoms with Crippen LogP contribution in [0.15, 0.2) is 59.0 Å². The summed E-state index contributed by atoms with van der Waals surface area (Å²) in [6, 6.07) is 16.4. The molecular weight excluding hydrogens is 356 g/mol. The summed E-state index contributed by atoms with van der Waals surface area (Å²) < 4.78 is 11.5. The summed E-state index contributed by atoms with van der Waals surface area (Å²) in [6.45, 7) is 6.56. The molecule has 0 aliphatic heterocycles. The number of hydrogen-bond donors (Lipinski definition) is 1. The van der Waals surface area contributed by atoms with Gasteiger partial charge in [0.15, 0.2) is 6.10 Å². The third kappa shape index (κ3) is 4.01. The average molecular weight is 380 g/mol. The zero-order valence-corrected chi connectivity index (χ0v) is 16.3. The summed E-state index contributed by atoms with van der Waals surface area (Å²) in [7, 11) is 0. The predicted octanol–water partition coefficient (Wildman–Crippen LogP) is 4.32. The Labute approximate surface area is 164 Å². The molecule has 0 saturated heterocycles. The summed E-state index contributed by atoms with van der Waals surface area (Å²) in [5, 5.41) is 3.51. The van der Waals surface area contributed by atoms with Crippen LogP contribution in [0.4, 0.5) is 5.69 Å². The lowest BCUT2D eigenvalue weighted by Crippen LogP contribution is -2.33. The molecule has 1 N–H and O–H groups in total. The Morgan fingerprint density at radius 1 is 1.04 bits per heavy atom. The number of hydrogen-bond acceptors (Lipinski definition) is 4. The molecule has 3 rings (SSSR count). The Bertz CT molecular complexity index is 961. The molecule has 0 aliphatic rings. The fourth-order valence-electron chi connectivity index (χ4n) is 2.96. The molecule has 2 amide bonds. The van der Waals surface area contributed by atoms with Crippen molar-refractivity contribution in [2.24, 2.45) is 0 Å². The minimum atomic E-state index is -0.743. The molecule has 28 heavy (non-hydrogen) atoms. The Kier molecular flexibility index (Phi) is 5.99. The number of nitrogens with zero attached hydrogens (tertiary/aromatic N) is 1. The highest BCUT2D eigenvalue weighted by Gasteiger charge is 2.26. The summed E-state index contributed by atoms with van der Waals surface area (Å²) in [4.78, 5) is 27.3. The van der Waals surface area contributed by atoms with Crippen molar-refractivity contribution >= 4 is 28.5 Å². The molecule has 1 aromatic heterocycles. The standard InChI is InChI=1S/C22H24N2O4/c1-4-24(5-2)22(26)20-19(17-13-9-10-14-18(17)28-20)23-21(25)15(3)27-16-11-7-6-8-12-16/h6-15H,4-5H2,1-3H3,(H,23,25)/t15-/m0/s1. The molecule has 6 heteroatoms.